The lowest BCUT2D eigenvalue weighted by Gasteiger charge is -2.32. The molecule has 3 aromatic rings. The molecule has 1 aliphatic rings. The summed E-state index contributed by atoms with van der Waals surface area (Å²) in [7, 11) is 0. The first kappa shape index (κ1) is 19.3. The molecule has 29 heavy (non-hydrogen) atoms. The molecule has 4 rings (SSSR count). The van der Waals surface area contributed by atoms with Crippen LogP contribution in [-0.2, 0) is 6.18 Å². The van der Waals surface area contributed by atoms with Gasteiger partial charge in [-0.15, -0.1) is 0 Å². The molecule has 0 unspecified atom stereocenters. The number of hydrogen-bond donors (Lipinski definition) is 0. The number of fused-ring (bicyclic) bond motifs is 1. The normalized spacial score (nSPS) is 15.7. The highest BCUT2D eigenvalue weighted by atomic mass is 19.4. The largest absolute Gasteiger partial charge is 0.416 e. The Labute approximate surface area is 164 Å². The van der Waals surface area contributed by atoms with Crippen molar-refractivity contribution in [1.82, 2.24) is 14.9 Å². The minimum Gasteiger partial charge on any atom is -0.339 e. The predicted octanol–water partition coefficient (Wildman–Crippen LogP) is 4.81. The van der Waals surface area contributed by atoms with Crippen molar-refractivity contribution in [1.29, 1.82) is 0 Å². The third kappa shape index (κ3) is 3.79. The molecule has 2 heterocycles. The number of carbonyl (C=O) groups is 1. The van der Waals surface area contributed by atoms with E-state index in [-0.39, 0.29) is 23.2 Å². The van der Waals surface area contributed by atoms with Gasteiger partial charge in [-0.1, -0.05) is 6.07 Å². The maximum atomic E-state index is 14.3. The van der Waals surface area contributed by atoms with Gasteiger partial charge in [0, 0.05) is 24.6 Å². The lowest BCUT2D eigenvalue weighted by Crippen LogP contribution is -2.38. The first-order chi connectivity index (χ1) is 13.8. The third-order valence-electron chi connectivity index (χ3n) is 5.27. The van der Waals surface area contributed by atoms with Gasteiger partial charge in [0.05, 0.1) is 22.2 Å². The lowest BCUT2D eigenvalue weighted by atomic mass is 9.90. The maximum Gasteiger partial charge on any atom is 0.416 e. The zero-order valence-corrected chi connectivity index (χ0v) is 15.3. The molecule has 0 N–H and O–H groups in total. The molecule has 1 aromatic heterocycles. The fourth-order valence-electron chi connectivity index (χ4n) is 3.74. The quantitative estimate of drug-likeness (QED) is 0.577. The molecule has 1 saturated heterocycles. The second-order valence-electron chi connectivity index (χ2n) is 7.03. The van der Waals surface area contributed by atoms with Crippen molar-refractivity contribution in [3.05, 3.63) is 71.4 Å². The number of carbonyl (C=O) groups excluding carboxylic acids is 1. The van der Waals surface area contributed by atoms with Crippen LogP contribution in [0.1, 0.15) is 40.4 Å². The van der Waals surface area contributed by atoms with Crippen LogP contribution in [0.15, 0.2) is 48.8 Å². The standard InChI is InChI=1S/C21H17F4N3O/c22-16-2-1-3-17-18(16)19(27-12-26-17)13-8-10-28(11-9-13)20(29)14-4-6-15(7-5-14)21(23,24)25/h1-7,12-13H,8-11H2. The van der Waals surface area contributed by atoms with E-state index in [1.807, 2.05) is 0 Å². The summed E-state index contributed by atoms with van der Waals surface area (Å²) in [6, 6.07) is 8.92. The Kier molecular flexibility index (Phi) is 4.94. The molecule has 0 atom stereocenters. The average Bonchev–Trinajstić information content (AvgIpc) is 2.73. The van der Waals surface area contributed by atoms with E-state index in [4.69, 9.17) is 0 Å². The summed E-state index contributed by atoms with van der Waals surface area (Å²) >= 11 is 0. The number of aromatic nitrogens is 2. The van der Waals surface area contributed by atoms with Crippen LogP contribution in [0.3, 0.4) is 0 Å². The van der Waals surface area contributed by atoms with E-state index in [0.717, 1.165) is 12.1 Å². The summed E-state index contributed by atoms with van der Waals surface area (Å²) in [6.45, 7) is 0.842. The van der Waals surface area contributed by atoms with Gasteiger partial charge in [0.1, 0.15) is 12.1 Å². The number of halogens is 4. The molecule has 0 bridgehead atoms. The molecule has 0 spiro atoms. The molecule has 1 fully saturated rings. The van der Waals surface area contributed by atoms with Crippen LogP contribution in [0.5, 0.6) is 0 Å². The number of rotatable bonds is 2. The maximum absolute atomic E-state index is 14.3. The Hall–Kier alpha value is -3.03. The van der Waals surface area contributed by atoms with Crippen molar-refractivity contribution in [2.24, 2.45) is 0 Å². The van der Waals surface area contributed by atoms with E-state index < -0.39 is 11.7 Å². The van der Waals surface area contributed by atoms with Crippen LogP contribution in [-0.4, -0.2) is 33.9 Å². The van der Waals surface area contributed by atoms with Crippen molar-refractivity contribution in [3.8, 4) is 0 Å². The van der Waals surface area contributed by atoms with Gasteiger partial charge in [-0.05, 0) is 49.2 Å². The highest BCUT2D eigenvalue weighted by Crippen LogP contribution is 2.33. The van der Waals surface area contributed by atoms with Crippen molar-refractivity contribution in [2.45, 2.75) is 24.9 Å². The minimum atomic E-state index is -4.44. The SMILES string of the molecule is O=C(c1ccc(C(F)(F)F)cc1)N1CCC(c2ncnc3cccc(F)c23)CC1. The molecule has 1 amide bonds. The molecule has 2 aromatic carbocycles. The Morgan fingerprint density at radius 3 is 2.34 bits per heavy atom. The minimum absolute atomic E-state index is 0.0194. The summed E-state index contributed by atoms with van der Waals surface area (Å²) in [6.07, 6.45) is -1.84. The number of hydrogen-bond acceptors (Lipinski definition) is 3. The molecule has 0 radical (unpaired) electrons. The van der Waals surface area contributed by atoms with Crippen LogP contribution in [0.2, 0.25) is 0 Å². The number of alkyl halides is 3. The van der Waals surface area contributed by atoms with E-state index in [9.17, 15) is 22.4 Å². The lowest BCUT2D eigenvalue weighted by molar-refractivity contribution is -0.137. The van der Waals surface area contributed by atoms with Gasteiger partial charge in [0.25, 0.3) is 5.91 Å². The van der Waals surface area contributed by atoms with E-state index >= 15 is 0 Å². The van der Waals surface area contributed by atoms with Gasteiger partial charge in [0.2, 0.25) is 0 Å². The van der Waals surface area contributed by atoms with Crippen molar-refractivity contribution < 1.29 is 22.4 Å². The molecule has 0 aliphatic carbocycles. The van der Waals surface area contributed by atoms with Crippen molar-refractivity contribution in [2.75, 3.05) is 13.1 Å². The number of likely N-dealkylation sites (tertiary alicyclic amines) is 1. The third-order valence-corrected chi connectivity index (χ3v) is 5.27. The van der Waals surface area contributed by atoms with Crippen molar-refractivity contribution >= 4 is 16.8 Å². The van der Waals surface area contributed by atoms with E-state index in [1.54, 1.807) is 17.0 Å². The molecule has 4 nitrogen and oxygen atoms in total. The Morgan fingerprint density at radius 1 is 1.00 bits per heavy atom. The Bertz CT molecular complexity index is 1040. The fraction of sp³-hybridized carbons (Fsp3) is 0.286. The number of amides is 1. The van der Waals surface area contributed by atoms with E-state index in [0.29, 0.717) is 42.5 Å². The van der Waals surface area contributed by atoms with E-state index in [2.05, 4.69) is 9.97 Å². The van der Waals surface area contributed by atoms with Crippen LogP contribution in [0.4, 0.5) is 17.6 Å². The number of nitrogens with zero attached hydrogens (tertiary/aromatic N) is 3. The van der Waals surface area contributed by atoms with Crippen LogP contribution in [0.25, 0.3) is 10.9 Å². The summed E-state index contributed by atoms with van der Waals surface area (Å²) in [5, 5.41) is 0.405. The second-order valence-corrected chi connectivity index (χ2v) is 7.03. The molecule has 0 saturated carbocycles. The first-order valence-electron chi connectivity index (χ1n) is 9.20. The smallest absolute Gasteiger partial charge is 0.339 e. The topological polar surface area (TPSA) is 46.1 Å². The van der Waals surface area contributed by atoms with E-state index in [1.165, 1.54) is 24.5 Å². The summed E-state index contributed by atoms with van der Waals surface area (Å²) in [5.41, 5.74) is 0.605. The van der Waals surface area contributed by atoms with Gasteiger partial charge in [-0.25, -0.2) is 14.4 Å². The van der Waals surface area contributed by atoms with Gasteiger partial charge >= 0.3 is 6.18 Å². The zero-order valence-electron chi connectivity index (χ0n) is 15.3. The Morgan fingerprint density at radius 2 is 1.69 bits per heavy atom. The Balaban J connectivity index is 1.48. The fourth-order valence-corrected chi connectivity index (χ4v) is 3.74. The van der Waals surface area contributed by atoms with Gasteiger partial charge in [-0.2, -0.15) is 13.2 Å². The highest BCUT2D eigenvalue weighted by Gasteiger charge is 2.31. The number of piperidine rings is 1. The second kappa shape index (κ2) is 7.42. The van der Waals surface area contributed by atoms with Crippen LogP contribution >= 0.6 is 0 Å². The molecule has 150 valence electrons. The highest BCUT2D eigenvalue weighted by molar-refractivity contribution is 5.94. The summed E-state index contributed by atoms with van der Waals surface area (Å²) in [4.78, 5) is 22.6. The molecular formula is C21H17F4N3O. The van der Waals surface area contributed by atoms with Crippen LogP contribution < -0.4 is 0 Å². The van der Waals surface area contributed by atoms with Gasteiger partial charge < -0.3 is 4.90 Å². The summed E-state index contributed by atoms with van der Waals surface area (Å²) < 4.78 is 52.4. The number of benzene rings is 2. The van der Waals surface area contributed by atoms with Gasteiger partial charge in [0.15, 0.2) is 0 Å². The molecule has 8 heteroatoms. The first-order valence-corrected chi connectivity index (χ1v) is 9.20. The van der Waals surface area contributed by atoms with Crippen LogP contribution in [0, 0.1) is 5.82 Å². The zero-order chi connectivity index (χ0) is 20.6. The van der Waals surface area contributed by atoms with Gasteiger partial charge in [-0.3, -0.25) is 4.79 Å². The predicted molar refractivity (Wildman–Crippen MR) is 98.8 cm³/mol. The molecule has 1 aliphatic heterocycles. The summed E-state index contributed by atoms with van der Waals surface area (Å²) in [5.74, 6) is -0.702. The molecular weight excluding hydrogens is 386 g/mol. The average molecular weight is 403 g/mol. The monoisotopic (exact) mass is 403 g/mol. The van der Waals surface area contributed by atoms with Crippen molar-refractivity contribution in [3.63, 3.8) is 0 Å².